The summed E-state index contributed by atoms with van der Waals surface area (Å²) >= 11 is 1.10. The second kappa shape index (κ2) is 5.70. The van der Waals surface area contributed by atoms with Crippen LogP contribution in [0.1, 0.15) is 18.9 Å². The van der Waals surface area contributed by atoms with Crippen LogP contribution in [0.3, 0.4) is 0 Å². The van der Waals surface area contributed by atoms with Crippen molar-refractivity contribution >= 4 is 34.5 Å². The summed E-state index contributed by atoms with van der Waals surface area (Å²) in [6, 6.07) is 0.119. The molecule has 0 amide bonds. The van der Waals surface area contributed by atoms with E-state index in [0.29, 0.717) is 22.6 Å². The summed E-state index contributed by atoms with van der Waals surface area (Å²) in [5, 5.41) is 16.9. The van der Waals surface area contributed by atoms with Gasteiger partial charge in [0.05, 0.1) is 5.75 Å². The maximum atomic E-state index is 11.3. The molecule has 0 spiro atoms. The molecule has 9 heteroatoms. The van der Waals surface area contributed by atoms with E-state index in [2.05, 4.69) is 10.2 Å². The molecular formula is C9H14N4O3S2. The number of hydrogen-bond acceptors (Lipinski definition) is 6. The molecule has 1 aromatic heterocycles. The smallest absolute Gasteiger partial charge is 0.313 e. The van der Waals surface area contributed by atoms with E-state index < -0.39 is 16.8 Å². The van der Waals surface area contributed by atoms with Gasteiger partial charge in [-0.25, -0.2) is 0 Å². The first kappa shape index (κ1) is 13.3. The van der Waals surface area contributed by atoms with Crippen LogP contribution in [0.5, 0.6) is 0 Å². The number of anilines is 1. The van der Waals surface area contributed by atoms with E-state index in [9.17, 15) is 9.00 Å². The lowest BCUT2D eigenvalue weighted by Gasteiger charge is -2.24. The summed E-state index contributed by atoms with van der Waals surface area (Å²) < 4.78 is 13.1. The molecule has 18 heavy (non-hydrogen) atoms. The van der Waals surface area contributed by atoms with E-state index in [1.165, 1.54) is 0 Å². The van der Waals surface area contributed by atoms with Crippen molar-refractivity contribution in [2.24, 2.45) is 0 Å². The Morgan fingerprint density at radius 3 is 2.78 bits per heavy atom. The minimum Gasteiger partial charge on any atom is -0.481 e. The molecule has 0 bridgehead atoms. The van der Waals surface area contributed by atoms with Crippen LogP contribution >= 0.6 is 11.8 Å². The van der Waals surface area contributed by atoms with Gasteiger partial charge >= 0.3 is 5.97 Å². The summed E-state index contributed by atoms with van der Waals surface area (Å²) in [6.07, 6.45) is 1.52. The summed E-state index contributed by atoms with van der Waals surface area (Å²) in [7, 11) is -0.743. The lowest BCUT2D eigenvalue weighted by molar-refractivity contribution is -0.133. The fourth-order valence-electron chi connectivity index (χ4n) is 1.90. The molecule has 1 aliphatic heterocycles. The Morgan fingerprint density at radius 2 is 2.17 bits per heavy atom. The van der Waals surface area contributed by atoms with Gasteiger partial charge in [-0.15, -0.1) is 10.2 Å². The van der Waals surface area contributed by atoms with Crippen LogP contribution in [0.2, 0.25) is 0 Å². The molecule has 0 aliphatic carbocycles. The molecule has 0 atom stereocenters. The third-order valence-electron chi connectivity index (χ3n) is 2.74. The van der Waals surface area contributed by atoms with E-state index in [-0.39, 0.29) is 11.8 Å². The zero-order chi connectivity index (χ0) is 13.1. The Labute approximate surface area is 111 Å². The fourth-order valence-corrected chi connectivity index (χ4v) is 3.90. The summed E-state index contributed by atoms with van der Waals surface area (Å²) in [4.78, 5) is 10.6. The first-order chi connectivity index (χ1) is 8.58. The molecule has 0 unspecified atom stereocenters. The lowest BCUT2D eigenvalue weighted by atomic mass is 10.1. The molecule has 7 nitrogen and oxygen atoms in total. The third kappa shape index (κ3) is 3.02. The molecule has 2 heterocycles. The predicted octanol–water partition coefficient (Wildman–Crippen LogP) is 0.121. The van der Waals surface area contributed by atoms with Gasteiger partial charge in [-0.05, 0) is 12.8 Å². The van der Waals surface area contributed by atoms with Gasteiger partial charge in [0.1, 0.15) is 0 Å². The number of nitrogen functional groups attached to an aromatic ring is 1. The van der Waals surface area contributed by atoms with Gasteiger partial charge in [0, 0.05) is 28.3 Å². The van der Waals surface area contributed by atoms with Crippen molar-refractivity contribution in [3.63, 3.8) is 0 Å². The number of nitrogens with zero attached hydrogens (tertiary/aromatic N) is 3. The number of rotatable bonds is 4. The van der Waals surface area contributed by atoms with E-state index >= 15 is 0 Å². The van der Waals surface area contributed by atoms with Crippen molar-refractivity contribution in [1.29, 1.82) is 0 Å². The molecule has 0 radical (unpaired) electrons. The first-order valence-corrected chi connectivity index (χ1v) is 7.95. The number of hydrogen-bond donors (Lipinski definition) is 2. The Morgan fingerprint density at radius 1 is 1.50 bits per heavy atom. The highest BCUT2D eigenvalue weighted by Crippen LogP contribution is 2.29. The number of aliphatic carboxylic acids is 1. The first-order valence-electron chi connectivity index (χ1n) is 5.48. The summed E-state index contributed by atoms with van der Waals surface area (Å²) in [5.41, 5.74) is 5.77. The van der Waals surface area contributed by atoms with Gasteiger partial charge in [-0.2, -0.15) is 0 Å². The zero-order valence-electron chi connectivity index (χ0n) is 9.61. The van der Waals surface area contributed by atoms with Gasteiger partial charge in [-0.3, -0.25) is 13.6 Å². The van der Waals surface area contributed by atoms with Crippen LogP contribution in [0, 0.1) is 0 Å². The van der Waals surface area contributed by atoms with Crippen LogP contribution < -0.4 is 5.73 Å². The number of carboxylic acids is 1. The average Bonchev–Trinajstić information content (AvgIpc) is 2.69. The molecule has 1 aromatic rings. The molecule has 0 aromatic carbocycles. The topological polar surface area (TPSA) is 111 Å². The summed E-state index contributed by atoms with van der Waals surface area (Å²) in [5.74, 6) is 0.603. The zero-order valence-corrected chi connectivity index (χ0v) is 11.2. The van der Waals surface area contributed by atoms with Crippen LogP contribution in [0.4, 0.5) is 5.95 Å². The van der Waals surface area contributed by atoms with Crippen LogP contribution in [0.15, 0.2) is 5.16 Å². The number of aromatic nitrogens is 3. The highest BCUT2D eigenvalue weighted by Gasteiger charge is 2.24. The normalized spacial score (nSPS) is 24.0. The highest BCUT2D eigenvalue weighted by molar-refractivity contribution is 7.99. The Bertz CT molecular complexity index is 466. The molecule has 1 aliphatic rings. The highest BCUT2D eigenvalue weighted by atomic mass is 32.2. The van der Waals surface area contributed by atoms with Crippen molar-refractivity contribution in [1.82, 2.24) is 14.8 Å². The Balaban J connectivity index is 2.13. The lowest BCUT2D eigenvalue weighted by Crippen LogP contribution is -2.23. The van der Waals surface area contributed by atoms with Gasteiger partial charge in [0.2, 0.25) is 5.95 Å². The fraction of sp³-hybridized carbons (Fsp3) is 0.667. The number of nitrogens with two attached hydrogens (primary N) is 1. The van der Waals surface area contributed by atoms with E-state index in [4.69, 9.17) is 10.8 Å². The van der Waals surface area contributed by atoms with Gasteiger partial charge < -0.3 is 10.8 Å². The van der Waals surface area contributed by atoms with Crippen molar-refractivity contribution in [3.05, 3.63) is 0 Å². The van der Waals surface area contributed by atoms with Crippen molar-refractivity contribution in [2.45, 2.75) is 24.0 Å². The van der Waals surface area contributed by atoms with E-state index in [1.54, 1.807) is 4.57 Å². The van der Waals surface area contributed by atoms with Crippen LogP contribution in [0.25, 0.3) is 0 Å². The molecule has 1 saturated heterocycles. The second-order valence-corrected chi connectivity index (χ2v) is 6.61. The van der Waals surface area contributed by atoms with Crippen molar-refractivity contribution in [2.75, 3.05) is 23.0 Å². The monoisotopic (exact) mass is 290 g/mol. The summed E-state index contributed by atoms with van der Waals surface area (Å²) in [6.45, 7) is 0. The predicted molar refractivity (Wildman–Crippen MR) is 68.9 cm³/mol. The Kier molecular flexibility index (Phi) is 4.23. The van der Waals surface area contributed by atoms with E-state index in [0.717, 1.165) is 24.6 Å². The number of thioether (sulfide) groups is 1. The largest absolute Gasteiger partial charge is 0.481 e. The Hall–Kier alpha value is -1.09. The number of carbonyl (C=O) groups is 1. The van der Waals surface area contributed by atoms with Crippen LogP contribution in [-0.4, -0.2) is 47.3 Å². The second-order valence-electron chi connectivity index (χ2n) is 3.97. The molecule has 100 valence electrons. The third-order valence-corrected chi connectivity index (χ3v) is 5.05. The van der Waals surface area contributed by atoms with Crippen LogP contribution in [-0.2, 0) is 15.6 Å². The van der Waals surface area contributed by atoms with Crippen molar-refractivity contribution < 1.29 is 14.1 Å². The standard InChI is InChI=1S/C9H14N4O3S2/c10-8-11-12-9(17-5-7(14)15)13(8)6-1-3-18(16)4-2-6/h6H,1-5H2,(H2,10,11)(H,14,15). The molecule has 1 fully saturated rings. The van der Waals surface area contributed by atoms with E-state index in [1.807, 2.05) is 0 Å². The van der Waals surface area contributed by atoms with Gasteiger partial charge in [0.15, 0.2) is 5.16 Å². The van der Waals surface area contributed by atoms with Gasteiger partial charge in [-0.1, -0.05) is 11.8 Å². The maximum Gasteiger partial charge on any atom is 0.313 e. The SMILES string of the molecule is Nc1nnc(SCC(=O)O)n1C1CCS(=O)CC1. The minimum absolute atomic E-state index is 0.0726. The van der Waals surface area contributed by atoms with Gasteiger partial charge in [0.25, 0.3) is 0 Å². The average molecular weight is 290 g/mol. The quantitative estimate of drug-likeness (QED) is 0.757. The maximum absolute atomic E-state index is 11.3. The minimum atomic E-state index is -0.905. The molecule has 0 saturated carbocycles. The van der Waals surface area contributed by atoms with Crippen molar-refractivity contribution in [3.8, 4) is 0 Å². The molecule has 3 N–H and O–H groups in total. The number of carboxylic acid groups (broad SMARTS) is 1. The molecule has 2 rings (SSSR count). The molecular weight excluding hydrogens is 276 g/mol.